The first kappa shape index (κ1) is 19.6. The zero-order chi connectivity index (χ0) is 17.1. The summed E-state index contributed by atoms with van der Waals surface area (Å²) in [6.07, 6.45) is 0.189. The normalized spacial score (nSPS) is 11.4. The summed E-state index contributed by atoms with van der Waals surface area (Å²) in [5.41, 5.74) is 0.972. The monoisotopic (exact) mass is 346 g/mol. The molecule has 0 spiro atoms. The Labute approximate surface area is 136 Å². The molecule has 0 aliphatic heterocycles. The fourth-order valence-electron chi connectivity index (χ4n) is 1.56. The molecule has 0 amide bonds. The van der Waals surface area contributed by atoms with E-state index in [-0.39, 0.29) is 43.7 Å². The molecule has 1 aromatic rings. The second-order valence-corrected chi connectivity index (χ2v) is 6.26. The van der Waals surface area contributed by atoms with E-state index in [1.54, 1.807) is 12.1 Å². The highest BCUT2D eigenvalue weighted by Crippen LogP contribution is 2.12. The van der Waals surface area contributed by atoms with Crippen molar-refractivity contribution in [2.24, 2.45) is 0 Å². The van der Waals surface area contributed by atoms with Crippen LogP contribution in [0.1, 0.15) is 12.0 Å². The molecular weight excluding hydrogens is 324 g/mol. The molecule has 0 N–H and O–H groups in total. The van der Waals surface area contributed by atoms with E-state index < -0.39 is 10.1 Å². The molecule has 1 aromatic carbocycles. The van der Waals surface area contributed by atoms with E-state index in [9.17, 15) is 13.2 Å². The first-order valence-corrected chi connectivity index (χ1v) is 8.55. The summed E-state index contributed by atoms with van der Waals surface area (Å²) in [5.74, 6) is -0.333. The van der Waals surface area contributed by atoms with E-state index in [0.29, 0.717) is 6.61 Å². The lowest BCUT2D eigenvalue weighted by Gasteiger charge is -2.07. The highest BCUT2D eigenvalue weighted by Gasteiger charge is 2.14. The van der Waals surface area contributed by atoms with E-state index in [2.05, 4.69) is 4.74 Å². The molecule has 0 bridgehead atoms. The lowest BCUT2D eigenvalue weighted by molar-refractivity contribution is -0.141. The number of carbonyl (C=O) groups is 1. The van der Waals surface area contributed by atoms with Gasteiger partial charge < -0.3 is 14.2 Å². The SMILES string of the molecule is COC(=O)CCOCCOCCOS(=O)(=O)c1ccc(C)cc1. The second kappa shape index (κ2) is 10.3. The largest absolute Gasteiger partial charge is 0.469 e. The third kappa shape index (κ3) is 8.08. The standard InChI is InChI=1S/C15H22O7S/c1-13-3-5-14(6-4-13)23(17,18)22-12-11-21-10-9-20-8-7-15(16)19-2/h3-6H,7-12H2,1-2H3. The fraction of sp³-hybridized carbons (Fsp3) is 0.533. The van der Waals surface area contributed by atoms with Gasteiger partial charge in [0.05, 0.1) is 51.5 Å². The van der Waals surface area contributed by atoms with Gasteiger partial charge in [-0.15, -0.1) is 0 Å². The Bertz CT molecular complexity index is 566. The summed E-state index contributed by atoms with van der Waals surface area (Å²) in [6.45, 7) is 2.79. The van der Waals surface area contributed by atoms with Gasteiger partial charge in [0.1, 0.15) is 0 Å². The van der Waals surface area contributed by atoms with Crippen LogP contribution in [0.5, 0.6) is 0 Å². The third-order valence-electron chi connectivity index (χ3n) is 2.83. The van der Waals surface area contributed by atoms with Crippen LogP contribution in [0.2, 0.25) is 0 Å². The maximum absolute atomic E-state index is 11.9. The van der Waals surface area contributed by atoms with Crippen molar-refractivity contribution in [3.63, 3.8) is 0 Å². The van der Waals surface area contributed by atoms with Gasteiger partial charge in [0, 0.05) is 0 Å². The molecule has 8 heteroatoms. The van der Waals surface area contributed by atoms with Crippen LogP contribution in [0, 0.1) is 6.92 Å². The average Bonchev–Trinajstić information content (AvgIpc) is 2.53. The zero-order valence-electron chi connectivity index (χ0n) is 13.3. The Kier molecular flexibility index (Phi) is 8.78. The van der Waals surface area contributed by atoms with Gasteiger partial charge in [-0.3, -0.25) is 8.98 Å². The van der Waals surface area contributed by atoms with Crippen LogP contribution in [-0.4, -0.2) is 54.5 Å². The number of ether oxygens (including phenoxy) is 3. The fourth-order valence-corrected chi connectivity index (χ4v) is 2.45. The summed E-state index contributed by atoms with van der Waals surface area (Å²) in [6, 6.07) is 6.41. The minimum Gasteiger partial charge on any atom is -0.469 e. The van der Waals surface area contributed by atoms with E-state index in [0.717, 1.165) is 5.56 Å². The van der Waals surface area contributed by atoms with Crippen LogP contribution in [0.3, 0.4) is 0 Å². The number of methoxy groups -OCH3 is 1. The molecule has 130 valence electrons. The number of benzene rings is 1. The summed E-state index contributed by atoms with van der Waals surface area (Å²) in [7, 11) is -2.44. The second-order valence-electron chi connectivity index (χ2n) is 4.64. The molecule has 0 aliphatic rings. The van der Waals surface area contributed by atoms with Crippen molar-refractivity contribution < 1.29 is 31.6 Å². The van der Waals surface area contributed by atoms with Crippen LogP contribution < -0.4 is 0 Å². The van der Waals surface area contributed by atoms with Crippen LogP contribution in [0.4, 0.5) is 0 Å². The molecule has 0 aromatic heterocycles. The number of hydrogen-bond donors (Lipinski definition) is 0. The molecule has 0 unspecified atom stereocenters. The molecule has 0 heterocycles. The van der Waals surface area contributed by atoms with Crippen LogP contribution in [0.15, 0.2) is 29.2 Å². The number of hydrogen-bond acceptors (Lipinski definition) is 7. The lowest BCUT2D eigenvalue weighted by atomic mass is 10.2. The highest BCUT2D eigenvalue weighted by atomic mass is 32.2. The van der Waals surface area contributed by atoms with E-state index in [4.69, 9.17) is 13.7 Å². The molecule has 0 saturated heterocycles. The van der Waals surface area contributed by atoms with E-state index in [1.807, 2.05) is 6.92 Å². The van der Waals surface area contributed by atoms with Crippen molar-refractivity contribution in [3.8, 4) is 0 Å². The number of carbonyl (C=O) groups excluding carboxylic acids is 1. The molecule has 0 fully saturated rings. The van der Waals surface area contributed by atoms with Crippen LogP contribution in [0.25, 0.3) is 0 Å². The Morgan fingerprint density at radius 2 is 1.52 bits per heavy atom. The maximum atomic E-state index is 11.9. The van der Waals surface area contributed by atoms with Crippen molar-refractivity contribution in [1.29, 1.82) is 0 Å². The van der Waals surface area contributed by atoms with Crippen molar-refractivity contribution in [2.45, 2.75) is 18.2 Å². The van der Waals surface area contributed by atoms with Gasteiger partial charge in [-0.1, -0.05) is 17.7 Å². The van der Waals surface area contributed by atoms with Gasteiger partial charge in [0.25, 0.3) is 10.1 Å². The van der Waals surface area contributed by atoms with E-state index in [1.165, 1.54) is 19.2 Å². The van der Waals surface area contributed by atoms with Gasteiger partial charge in [-0.05, 0) is 19.1 Å². The summed E-state index contributed by atoms with van der Waals surface area (Å²) in [4.78, 5) is 10.9. The molecular formula is C15H22O7S. The first-order chi connectivity index (χ1) is 11.0. The predicted octanol–water partition coefficient (Wildman–Crippen LogP) is 1.30. The van der Waals surface area contributed by atoms with Crippen molar-refractivity contribution in [2.75, 3.05) is 40.1 Å². The van der Waals surface area contributed by atoms with Crippen molar-refractivity contribution in [1.82, 2.24) is 0 Å². The summed E-state index contributed by atoms with van der Waals surface area (Å²) < 4.78 is 43.4. The van der Waals surface area contributed by atoms with Gasteiger partial charge in [0.15, 0.2) is 0 Å². The van der Waals surface area contributed by atoms with Gasteiger partial charge in [-0.2, -0.15) is 8.42 Å². The molecule has 0 atom stereocenters. The number of aryl methyl sites for hydroxylation is 1. The topological polar surface area (TPSA) is 88.1 Å². The van der Waals surface area contributed by atoms with Crippen LogP contribution >= 0.6 is 0 Å². The van der Waals surface area contributed by atoms with Crippen LogP contribution in [-0.2, 0) is 33.3 Å². The van der Waals surface area contributed by atoms with Gasteiger partial charge in [0.2, 0.25) is 0 Å². The Balaban J connectivity index is 2.10. The molecule has 0 saturated carbocycles. The Morgan fingerprint density at radius 3 is 2.13 bits per heavy atom. The minimum atomic E-state index is -3.75. The van der Waals surface area contributed by atoms with Gasteiger partial charge >= 0.3 is 5.97 Å². The Morgan fingerprint density at radius 1 is 0.957 bits per heavy atom. The minimum absolute atomic E-state index is 0.0711. The summed E-state index contributed by atoms with van der Waals surface area (Å²) >= 11 is 0. The van der Waals surface area contributed by atoms with Crippen molar-refractivity contribution >= 4 is 16.1 Å². The quantitative estimate of drug-likeness (QED) is 0.339. The number of esters is 1. The summed E-state index contributed by atoms with van der Waals surface area (Å²) in [5, 5.41) is 0. The number of rotatable bonds is 11. The lowest BCUT2D eigenvalue weighted by Crippen LogP contribution is -2.14. The molecule has 0 radical (unpaired) electrons. The third-order valence-corrected chi connectivity index (χ3v) is 4.15. The van der Waals surface area contributed by atoms with Crippen molar-refractivity contribution in [3.05, 3.63) is 29.8 Å². The molecule has 0 aliphatic carbocycles. The maximum Gasteiger partial charge on any atom is 0.307 e. The molecule has 1 rings (SSSR count). The van der Waals surface area contributed by atoms with E-state index >= 15 is 0 Å². The molecule has 7 nitrogen and oxygen atoms in total. The smallest absolute Gasteiger partial charge is 0.307 e. The highest BCUT2D eigenvalue weighted by molar-refractivity contribution is 7.86. The predicted molar refractivity (Wildman–Crippen MR) is 82.6 cm³/mol. The molecule has 23 heavy (non-hydrogen) atoms. The first-order valence-electron chi connectivity index (χ1n) is 7.14. The zero-order valence-corrected chi connectivity index (χ0v) is 14.1. The van der Waals surface area contributed by atoms with Gasteiger partial charge in [-0.25, -0.2) is 0 Å². The average molecular weight is 346 g/mol. The Hall–Kier alpha value is -1.48.